The largest absolute Gasteiger partial charge is 0.493 e. The van der Waals surface area contributed by atoms with Crippen LogP contribution in [-0.2, 0) is 13.0 Å². The van der Waals surface area contributed by atoms with E-state index in [4.69, 9.17) is 9.47 Å². The Hall–Kier alpha value is -2.36. The van der Waals surface area contributed by atoms with Gasteiger partial charge in [0.15, 0.2) is 11.5 Å². The summed E-state index contributed by atoms with van der Waals surface area (Å²) in [6.45, 7) is 1.86. The highest BCUT2D eigenvalue weighted by Gasteiger charge is 2.15. The first kappa shape index (κ1) is 14.6. The molecule has 116 valence electrons. The van der Waals surface area contributed by atoms with Crippen molar-refractivity contribution in [3.05, 3.63) is 47.5 Å². The summed E-state index contributed by atoms with van der Waals surface area (Å²) in [7, 11) is 5.45. The standard InChI is InChI=1S/C18H22N2O2/c1-20-9-8-14-11-15(5-6-16(14)20)19-12-13-4-7-17(21-2)18(10-13)22-3/h4-7,10-11,19H,8-9,12H2,1-3H3. The highest BCUT2D eigenvalue weighted by molar-refractivity contribution is 5.63. The number of hydrogen-bond acceptors (Lipinski definition) is 4. The Labute approximate surface area is 131 Å². The molecule has 1 aliphatic heterocycles. The van der Waals surface area contributed by atoms with Crippen LogP contribution in [0, 0.1) is 0 Å². The summed E-state index contributed by atoms with van der Waals surface area (Å²) in [6, 6.07) is 12.6. The molecule has 2 aromatic rings. The lowest BCUT2D eigenvalue weighted by Gasteiger charge is -2.14. The van der Waals surface area contributed by atoms with E-state index in [1.54, 1.807) is 14.2 Å². The van der Waals surface area contributed by atoms with Gasteiger partial charge in [-0.05, 0) is 47.9 Å². The lowest BCUT2D eigenvalue weighted by molar-refractivity contribution is 0.354. The number of anilines is 2. The van der Waals surface area contributed by atoms with Gasteiger partial charge >= 0.3 is 0 Å². The molecule has 0 saturated heterocycles. The van der Waals surface area contributed by atoms with E-state index in [0.717, 1.165) is 42.3 Å². The summed E-state index contributed by atoms with van der Waals surface area (Å²) < 4.78 is 10.6. The number of rotatable bonds is 5. The molecule has 2 aromatic carbocycles. The van der Waals surface area contributed by atoms with Crippen molar-refractivity contribution in [3.63, 3.8) is 0 Å². The first-order valence-electron chi connectivity index (χ1n) is 7.50. The molecule has 0 unspecified atom stereocenters. The van der Waals surface area contributed by atoms with Gasteiger partial charge < -0.3 is 19.7 Å². The van der Waals surface area contributed by atoms with Gasteiger partial charge in [0, 0.05) is 31.5 Å². The van der Waals surface area contributed by atoms with E-state index in [1.807, 2.05) is 12.1 Å². The summed E-state index contributed by atoms with van der Waals surface area (Å²) >= 11 is 0. The fourth-order valence-electron chi connectivity index (χ4n) is 2.87. The Morgan fingerprint density at radius 3 is 2.64 bits per heavy atom. The SMILES string of the molecule is COc1ccc(CNc2ccc3c(c2)CCN3C)cc1OC. The number of nitrogens with one attached hydrogen (secondary N) is 1. The Morgan fingerprint density at radius 1 is 1.05 bits per heavy atom. The van der Waals surface area contributed by atoms with Gasteiger partial charge in [0.1, 0.15) is 0 Å². The molecular formula is C18H22N2O2. The molecule has 1 aliphatic rings. The van der Waals surface area contributed by atoms with Crippen molar-refractivity contribution >= 4 is 11.4 Å². The third-order valence-corrected chi connectivity index (χ3v) is 4.15. The van der Waals surface area contributed by atoms with E-state index in [9.17, 15) is 0 Å². The third kappa shape index (κ3) is 2.82. The van der Waals surface area contributed by atoms with Crippen molar-refractivity contribution in [2.75, 3.05) is 38.0 Å². The molecule has 0 aliphatic carbocycles. The van der Waals surface area contributed by atoms with Crippen LogP contribution in [0.25, 0.3) is 0 Å². The molecule has 4 heteroatoms. The van der Waals surface area contributed by atoms with Crippen molar-refractivity contribution in [1.29, 1.82) is 0 Å². The number of nitrogens with zero attached hydrogens (tertiary/aromatic N) is 1. The molecule has 0 bridgehead atoms. The number of fused-ring (bicyclic) bond motifs is 1. The number of hydrogen-bond donors (Lipinski definition) is 1. The van der Waals surface area contributed by atoms with Gasteiger partial charge in [-0.15, -0.1) is 0 Å². The Bertz CT molecular complexity index is 659. The molecule has 4 nitrogen and oxygen atoms in total. The molecule has 22 heavy (non-hydrogen) atoms. The highest BCUT2D eigenvalue weighted by atomic mass is 16.5. The average molecular weight is 298 g/mol. The predicted molar refractivity (Wildman–Crippen MR) is 90.3 cm³/mol. The second-order valence-electron chi connectivity index (χ2n) is 5.56. The van der Waals surface area contributed by atoms with Crippen molar-refractivity contribution < 1.29 is 9.47 Å². The lowest BCUT2D eigenvalue weighted by Crippen LogP contribution is -2.12. The summed E-state index contributed by atoms with van der Waals surface area (Å²) in [5.41, 5.74) is 5.08. The van der Waals surface area contributed by atoms with Crippen LogP contribution in [0.3, 0.4) is 0 Å². The minimum Gasteiger partial charge on any atom is -0.493 e. The average Bonchev–Trinajstić information content (AvgIpc) is 2.93. The van der Waals surface area contributed by atoms with Crippen molar-refractivity contribution in [1.82, 2.24) is 0 Å². The molecule has 0 fully saturated rings. The number of benzene rings is 2. The van der Waals surface area contributed by atoms with Crippen LogP contribution in [-0.4, -0.2) is 27.8 Å². The lowest BCUT2D eigenvalue weighted by atomic mass is 10.1. The topological polar surface area (TPSA) is 33.7 Å². The van der Waals surface area contributed by atoms with E-state index >= 15 is 0 Å². The monoisotopic (exact) mass is 298 g/mol. The maximum atomic E-state index is 5.34. The van der Waals surface area contributed by atoms with Crippen molar-refractivity contribution in [2.45, 2.75) is 13.0 Å². The summed E-state index contributed by atoms with van der Waals surface area (Å²) in [5, 5.41) is 3.48. The maximum absolute atomic E-state index is 5.34. The summed E-state index contributed by atoms with van der Waals surface area (Å²) in [5.74, 6) is 1.52. The van der Waals surface area contributed by atoms with Crippen LogP contribution >= 0.6 is 0 Å². The maximum Gasteiger partial charge on any atom is 0.161 e. The Morgan fingerprint density at radius 2 is 1.86 bits per heavy atom. The molecule has 0 amide bonds. The third-order valence-electron chi connectivity index (χ3n) is 4.15. The van der Waals surface area contributed by atoms with E-state index < -0.39 is 0 Å². The van der Waals surface area contributed by atoms with Crippen LogP contribution in [0.2, 0.25) is 0 Å². The molecular weight excluding hydrogens is 276 g/mol. The second-order valence-corrected chi connectivity index (χ2v) is 5.56. The zero-order chi connectivity index (χ0) is 15.5. The number of likely N-dealkylation sites (N-methyl/N-ethyl adjacent to an activating group) is 1. The van der Waals surface area contributed by atoms with Crippen LogP contribution in [0.4, 0.5) is 11.4 Å². The van der Waals surface area contributed by atoms with Gasteiger partial charge in [0.25, 0.3) is 0 Å². The minimum absolute atomic E-state index is 0.756. The van der Waals surface area contributed by atoms with Crippen LogP contribution in [0.5, 0.6) is 11.5 Å². The quantitative estimate of drug-likeness (QED) is 0.918. The van der Waals surface area contributed by atoms with Gasteiger partial charge in [0.2, 0.25) is 0 Å². The fraction of sp³-hybridized carbons (Fsp3) is 0.333. The molecule has 0 radical (unpaired) electrons. The summed E-state index contributed by atoms with van der Waals surface area (Å²) in [6.07, 6.45) is 1.12. The first-order valence-corrected chi connectivity index (χ1v) is 7.50. The van der Waals surface area contributed by atoms with E-state index in [-0.39, 0.29) is 0 Å². The van der Waals surface area contributed by atoms with Gasteiger partial charge in [-0.2, -0.15) is 0 Å². The fourth-order valence-corrected chi connectivity index (χ4v) is 2.87. The molecule has 1 N–H and O–H groups in total. The Kier molecular flexibility index (Phi) is 4.09. The number of ether oxygens (including phenoxy) is 2. The molecule has 0 saturated carbocycles. The Balaban J connectivity index is 1.70. The van der Waals surface area contributed by atoms with E-state index in [2.05, 4.69) is 41.5 Å². The molecule has 0 spiro atoms. The van der Waals surface area contributed by atoms with Crippen molar-refractivity contribution in [2.24, 2.45) is 0 Å². The van der Waals surface area contributed by atoms with Crippen LogP contribution < -0.4 is 19.7 Å². The molecule has 0 aromatic heterocycles. The predicted octanol–water partition coefficient (Wildman–Crippen LogP) is 3.31. The zero-order valence-electron chi connectivity index (χ0n) is 13.3. The smallest absolute Gasteiger partial charge is 0.161 e. The molecule has 1 heterocycles. The van der Waals surface area contributed by atoms with E-state index in [1.165, 1.54) is 11.3 Å². The number of methoxy groups -OCH3 is 2. The van der Waals surface area contributed by atoms with Gasteiger partial charge in [-0.3, -0.25) is 0 Å². The van der Waals surface area contributed by atoms with E-state index in [0.29, 0.717) is 0 Å². The minimum atomic E-state index is 0.756. The normalized spacial score (nSPS) is 13.0. The van der Waals surface area contributed by atoms with Crippen molar-refractivity contribution in [3.8, 4) is 11.5 Å². The highest BCUT2D eigenvalue weighted by Crippen LogP contribution is 2.30. The van der Waals surface area contributed by atoms with Gasteiger partial charge in [-0.25, -0.2) is 0 Å². The van der Waals surface area contributed by atoms with Crippen LogP contribution in [0.1, 0.15) is 11.1 Å². The second kappa shape index (κ2) is 6.18. The van der Waals surface area contributed by atoms with Crippen LogP contribution in [0.15, 0.2) is 36.4 Å². The first-order chi connectivity index (χ1) is 10.7. The molecule has 3 rings (SSSR count). The van der Waals surface area contributed by atoms with Gasteiger partial charge in [-0.1, -0.05) is 6.07 Å². The molecule has 0 atom stereocenters. The van der Waals surface area contributed by atoms with Gasteiger partial charge in [0.05, 0.1) is 14.2 Å². The summed E-state index contributed by atoms with van der Waals surface area (Å²) in [4.78, 5) is 2.30. The zero-order valence-corrected chi connectivity index (χ0v) is 13.3.